The molecule has 98 valence electrons. The van der Waals surface area contributed by atoms with E-state index in [1.54, 1.807) is 6.92 Å². The number of nitrogens with two attached hydrogens (primary N) is 1. The van der Waals surface area contributed by atoms with E-state index in [0.717, 1.165) is 0 Å². The molecule has 0 spiro atoms. The second-order valence-corrected chi connectivity index (χ2v) is 7.01. The van der Waals surface area contributed by atoms with Crippen LogP contribution in [0.4, 0.5) is 4.39 Å². The highest BCUT2D eigenvalue weighted by Crippen LogP contribution is 2.21. The van der Waals surface area contributed by atoms with Crippen molar-refractivity contribution in [2.24, 2.45) is 17.6 Å². The Morgan fingerprint density at radius 3 is 2.25 bits per heavy atom. The normalized spacial score (nSPS) is 16.4. The van der Waals surface area contributed by atoms with Crippen molar-refractivity contribution in [2.45, 2.75) is 39.8 Å². The van der Waals surface area contributed by atoms with Crippen LogP contribution in [0.3, 0.4) is 0 Å². The summed E-state index contributed by atoms with van der Waals surface area (Å²) >= 11 is 0. The highest BCUT2D eigenvalue weighted by Gasteiger charge is 2.23. The first kappa shape index (κ1) is 15.8. The number of sulfone groups is 1. The van der Waals surface area contributed by atoms with Gasteiger partial charge < -0.3 is 5.73 Å². The van der Waals surface area contributed by atoms with Gasteiger partial charge in [-0.25, -0.2) is 12.8 Å². The van der Waals surface area contributed by atoms with Crippen LogP contribution in [-0.2, 0) is 9.84 Å². The van der Waals surface area contributed by atoms with Gasteiger partial charge in [0.1, 0.15) is 16.0 Å². The maximum atomic E-state index is 13.7. The van der Waals surface area contributed by atoms with Gasteiger partial charge in [0.2, 0.25) is 0 Å². The zero-order valence-electron chi connectivity index (χ0n) is 10.4. The van der Waals surface area contributed by atoms with E-state index >= 15 is 0 Å². The Morgan fingerprint density at radius 1 is 1.31 bits per heavy atom. The molecule has 0 fully saturated rings. The third-order valence-corrected chi connectivity index (χ3v) is 4.76. The van der Waals surface area contributed by atoms with Crippen molar-refractivity contribution in [3.63, 3.8) is 0 Å². The minimum Gasteiger partial charge on any atom is -0.330 e. The molecule has 0 aliphatic rings. The molecule has 0 rings (SSSR count). The zero-order chi connectivity index (χ0) is 12.8. The Kier molecular flexibility index (Phi) is 7.15. The largest absolute Gasteiger partial charge is 0.330 e. The smallest absolute Gasteiger partial charge is 0.150 e. The van der Waals surface area contributed by atoms with E-state index in [0.29, 0.717) is 19.4 Å². The van der Waals surface area contributed by atoms with E-state index < -0.39 is 16.0 Å². The maximum absolute atomic E-state index is 13.7. The first-order chi connectivity index (χ1) is 7.34. The quantitative estimate of drug-likeness (QED) is 0.717. The summed E-state index contributed by atoms with van der Waals surface area (Å²) in [5.41, 5.74) is 5.50. The second kappa shape index (κ2) is 7.22. The van der Waals surface area contributed by atoms with Crippen molar-refractivity contribution < 1.29 is 12.8 Å². The van der Waals surface area contributed by atoms with Crippen molar-refractivity contribution in [3.8, 4) is 0 Å². The van der Waals surface area contributed by atoms with Gasteiger partial charge in [-0.1, -0.05) is 20.8 Å². The molecule has 0 bridgehead atoms. The average Bonchev–Trinajstić information content (AvgIpc) is 2.18. The molecule has 0 aromatic heterocycles. The van der Waals surface area contributed by atoms with Gasteiger partial charge in [0.25, 0.3) is 0 Å². The summed E-state index contributed by atoms with van der Waals surface area (Å²) in [4.78, 5) is 0. The van der Waals surface area contributed by atoms with Crippen molar-refractivity contribution in [3.05, 3.63) is 0 Å². The standard InChI is InChI=1S/C11H24FNO2S/c1-4-16(14,15)7-5-6-11(12)10(8-13)9(2)3/h9-11H,4-8,13H2,1-3H3. The van der Waals surface area contributed by atoms with Crippen LogP contribution in [0.2, 0.25) is 0 Å². The molecular formula is C11H24FNO2S. The summed E-state index contributed by atoms with van der Waals surface area (Å²) in [5, 5.41) is 0. The van der Waals surface area contributed by atoms with Gasteiger partial charge >= 0.3 is 0 Å². The van der Waals surface area contributed by atoms with E-state index in [-0.39, 0.29) is 23.3 Å². The van der Waals surface area contributed by atoms with Crippen molar-refractivity contribution in [1.82, 2.24) is 0 Å². The molecule has 5 heteroatoms. The number of hydrogen-bond acceptors (Lipinski definition) is 3. The van der Waals surface area contributed by atoms with E-state index in [4.69, 9.17) is 5.73 Å². The Morgan fingerprint density at radius 2 is 1.88 bits per heavy atom. The first-order valence-corrected chi connectivity index (χ1v) is 7.70. The molecule has 2 atom stereocenters. The Labute approximate surface area is 98.5 Å². The van der Waals surface area contributed by atoms with Crippen LogP contribution in [0.5, 0.6) is 0 Å². The topological polar surface area (TPSA) is 60.2 Å². The summed E-state index contributed by atoms with van der Waals surface area (Å²) in [6, 6.07) is 0. The minimum absolute atomic E-state index is 0.0826. The van der Waals surface area contributed by atoms with Gasteiger partial charge in [-0.3, -0.25) is 0 Å². The van der Waals surface area contributed by atoms with E-state index in [9.17, 15) is 12.8 Å². The lowest BCUT2D eigenvalue weighted by atomic mass is 9.89. The van der Waals surface area contributed by atoms with Gasteiger partial charge in [-0.15, -0.1) is 0 Å². The molecule has 2 N–H and O–H groups in total. The number of hydrogen-bond donors (Lipinski definition) is 1. The molecule has 0 saturated heterocycles. The molecule has 0 radical (unpaired) electrons. The van der Waals surface area contributed by atoms with Crippen LogP contribution in [0, 0.1) is 11.8 Å². The fourth-order valence-electron chi connectivity index (χ4n) is 1.69. The fourth-order valence-corrected chi connectivity index (χ4v) is 2.59. The van der Waals surface area contributed by atoms with Crippen LogP contribution in [0.1, 0.15) is 33.6 Å². The lowest BCUT2D eigenvalue weighted by Gasteiger charge is -2.22. The summed E-state index contributed by atoms with van der Waals surface area (Å²) in [5.74, 6) is 0.250. The zero-order valence-corrected chi connectivity index (χ0v) is 11.3. The van der Waals surface area contributed by atoms with Crippen LogP contribution in [0.15, 0.2) is 0 Å². The number of halogens is 1. The van der Waals surface area contributed by atoms with E-state index in [2.05, 4.69) is 0 Å². The Bertz CT molecular complexity index is 278. The Hall–Kier alpha value is -0.160. The highest BCUT2D eigenvalue weighted by molar-refractivity contribution is 7.91. The predicted molar refractivity (Wildman–Crippen MR) is 65.8 cm³/mol. The molecule has 3 nitrogen and oxygen atoms in total. The summed E-state index contributed by atoms with van der Waals surface area (Å²) < 4.78 is 36.1. The lowest BCUT2D eigenvalue weighted by molar-refractivity contribution is 0.174. The Balaban J connectivity index is 4.02. The SMILES string of the molecule is CCS(=O)(=O)CCCC(F)C(CN)C(C)C. The van der Waals surface area contributed by atoms with Crippen molar-refractivity contribution >= 4 is 9.84 Å². The molecule has 16 heavy (non-hydrogen) atoms. The summed E-state index contributed by atoms with van der Waals surface area (Å²) in [7, 11) is -2.97. The molecule has 0 aromatic carbocycles. The highest BCUT2D eigenvalue weighted by atomic mass is 32.2. The monoisotopic (exact) mass is 253 g/mol. The van der Waals surface area contributed by atoms with Crippen LogP contribution in [-0.4, -0.2) is 32.6 Å². The van der Waals surface area contributed by atoms with E-state index in [1.807, 2.05) is 13.8 Å². The summed E-state index contributed by atoms with van der Waals surface area (Å²) in [6.07, 6.45) is -0.308. The number of alkyl halides is 1. The molecule has 0 amide bonds. The third-order valence-electron chi connectivity index (χ3n) is 2.97. The molecule has 0 aliphatic carbocycles. The second-order valence-electron chi connectivity index (χ2n) is 4.54. The maximum Gasteiger partial charge on any atom is 0.150 e. The molecule has 2 unspecified atom stereocenters. The average molecular weight is 253 g/mol. The first-order valence-electron chi connectivity index (χ1n) is 5.88. The van der Waals surface area contributed by atoms with Gasteiger partial charge in [0.05, 0.1) is 5.75 Å². The molecule has 0 aromatic rings. The minimum atomic E-state index is -2.97. The van der Waals surface area contributed by atoms with Gasteiger partial charge in [0, 0.05) is 11.7 Å². The fraction of sp³-hybridized carbons (Fsp3) is 1.00. The predicted octanol–water partition coefficient (Wildman–Crippen LogP) is 1.77. The van der Waals surface area contributed by atoms with E-state index in [1.165, 1.54) is 0 Å². The summed E-state index contributed by atoms with van der Waals surface area (Å²) in [6.45, 7) is 5.80. The van der Waals surface area contributed by atoms with Gasteiger partial charge in [-0.2, -0.15) is 0 Å². The number of rotatable bonds is 8. The molecular weight excluding hydrogens is 229 g/mol. The van der Waals surface area contributed by atoms with Gasteiger partial charge in [0.15, 0.2) is 0 Å². The van der Waals surface area contributed by atoms with Crippen LogP contribution >= 0.6 is 0 Å². The van der Waals surface area contributed by atoms with Crippen molar-refractivity contribution in [1.29, 1.82) is 0 Å². The molecule has 0 saturated carbocycles. The van der Waals surface area contributed by atoms with Crippen LogP contribution < -0.4 is 5.73 Å². The molecule has 0 aliphatic heterocycles. The van der Waals surface area contributed by atoms with Crippen molar-refractivity contribution in [2.75, 3.05) is 18.1 Å². The van der Waals surface area contributed by atoms with Gasteiger partial charge in [-0.05, 0) is 25.3 Å². The third kappa shape index (κ3) is 5.80. The lowest BCUT2D eigenvalue weighted by Crippen LogP contribution is -2.29. The molecule has 0 heterocycles. The van der Waals surface area contributed by atoms with Crippen LogP contribution in [0.25, 0.3) is 0 Å².